The molecule has 0 saturated carbocycles. The predicted molar refractivity (Wildman–Crippen MR) is 116 cm³/mol. The van der Waals surface area contributed by atoms with Crippen LogP contribution >= 0.6 is 0 Å². The van der Waals surface area contributed by atoms with Gasteiger partial charge in [0.2, 0.25) is 0 Å². The number of methoxy groups -OCH3 is 1. The second-order valence-electron chi connectivity index (χ2n) is 7.69. The number of fused-ring (bicyclic) bond motifs is 1. The Morgan fingerprint density at radius 2 is 1.87 bits per heavy atom. The zero-order valence-corrected chi connectivity index (χ0v) is 17.9. The molecule has 0 aliphatic rings. The average molecular weight is 426 g/mol. The number of hydrogen-bond donors (Lipinski definition) is 3. The summed E-state index contributed by atoms with van der Waals surface area (Å²) in [6, 6.07) is 10.8. The fourth-order valence-corrected chi connectivity index (χ4v) is 2.69. The zero-order chi connectivity index (χ0) is 22.4. The molecular weight excluding hydrogens is 400 g/mol. The third kappa shape index (κ3) is 6.33. The van der Waals surface area contributed by atoms with Gasteiger partial charge in [0.05, 0.1) is 19.0 Å². The van der Waals surface area contributed by atoms with Crippen molar-refractivity contribution in [3.05, 3.63) is 42.6 Å². The summed E-state index contributed by atoms with van der Waals surface area (Å²) in [5.74, 6) is 1.10. The molecule has 0 aliphatic carbocycles. The number of benzene rings is 1. The van der Waals surface area contributed by atoms with Gasteiger partial charge in [-0.05, 0) is 45.0 Å². The molecule has 0 radical (unpaired) electrons. The van der Waals surface area contributed by atoms with Crippen molar-refractivity contribution < 1.29 is 19.1 Å². The summed E-state index contributed by atoms with van der Waals surface area (Å²) < 4.78 is 12.0. The molecule has 3 aromatic rings. The number of nitrogens with one attached hydrogen (secondary N) is 3. The molecule has 3 N–H and O–H groups in total. The Morgan fingerprint density at radius 1 is 1.10 bits per heavy atom. The molecule has 2 aromatic heterocycles. The molecule has 0 fully saturated rings. The van der Waals surface area contributed by atoms with E-state index in [2.05, 4.69) is 26.0 Å². The fourth-order valence-electron chi connectivity index (χ4n) is 2.69. The summed E-state index contributed by atoms with van der Waals surface area (Å²) in [5.41, 5.74) is 1.67. The van der Waals surface area contributed by atoms with Crippen LogP contribution in [0, 0.1) is 0 Å². The van der Waals surface area contributed by atoms with Crippen LogP contribution in [0.15, 0.2) is 42.6 Å². The van der Waals surface area contributed by atoms with Crippen LogP contribution in [0.4, 0.5) is 15.4 Å². The molecule has 1 aromatic carbocycles. The Labute approximate surface area is 179 Å². The van der Waals surface area contributed by atoms with Crippen molar-refractivity contribution in [3.63, 3.8) is 0 Å². The molecule has 0 atom stereocenters. The van der Waals surface area contributed by atoms with Crippen LogP contribution in [0.25, 0.3) is 16.9 Å². The van der Waals surface area contributed by atoms with Gasteiger partial charge in [-0.25, -0.2) is 19.1 Å². The van der Waals surface area contributed by atoms with Gasteiger partial charge in [0.25, 0.3) is 0 Å². The van der Waals surface area contributed by atoms with Gasteiger partial charge in [0, 0.05) is 18.7 Å². The first-order chi connectivity index (χ1) is 14.7. The van der Waals surface area contributed by atoms with Crippen LogP contribution in [-0.2, 0) is 4.74 Å². The second kappa shape index (κ2) is 9.33. The van der Waals surface area contributed by atoms with Gasteiger partial charge in [-0.15, -0.1) is 0 Å². The molecule has 10 nitrogen and oxygen atoms in total. The Bertz CT molecular complexity index is 1070. The predicted octanol–water partition coefficient (Wildman–Crippen LogP) is 3.05. The van der Waals surface area contributed by atoms with Crippen molar-refractivity contribution in [2.45, 2.75) is 26.4 Å². The lowest BCUT2D eigenvalue weighted by molar-refractivity contribution is 0.0528. The average Bonchev–Trinajstić information content (AvgIpc) is 3.11. The molecule has 164 valence electrons. The van der Waals surface area contributed by atoms with E-state index in [-0.39, 0.29) is 13.1 Å². The fraction of sp³-hybridized carbons (Fsp3) is 0.333. The molecule has 0 aliphatic heterocycles. The monoisotopic (exact) mass is 426 g/mol. The lowest BCUT2D eigenvalue weighted by Gasteiger charge is -2.19. The number of urea groups is 1. The standard InChI is InChI=1S/C21H26N6O4/c1-21(2,3)31-20(29)23-11-10-22-19(28)25-17-13-27-18(24-17)9-8-16(26-27)14-6-5-7-15(12-14)30-4/h5-9,12-13H,10-11H2,1-4H3,(H,23,29)(H2,22,25,28). The number of nitrogens with zero attached hydrogens (tertiary/aromatic N) is 3. The van der Waals surface area contributed by atoms with Crippen molar-refractivity contribution in [1.29, 1.82) is 0 Å². The molecule has 10 heteroatoms. The van der Waals surface area contributed by atoms with Gasteiger partial charge in [0.1, 0.15) is 11.4 Å². The summed E-state index contributed by atoms with van der Waals surface area (Å²) in [6.07, 6.45) is 1.09. The van der Waals surface area contributed by atoms with Gasteiger partial charge >= 0.3 is 12.1 Å². The number of carbonyl (C=O) groups is 2. The first-order valence-electron chi connectivity index (χ1n) is 9.76. The van der Waals surface area contributed by atoms with Crippen LogP contribution in [0.5, 0.6) is 5.75 Å². The van der Waals surface area contributed by atoms with Crippen molar-refractivity contribution in [2.75, 3.05) is 25.5 Å². The lowest BCUT2D eigenvalue weighted by Crippen LogP contribution is -2.39. The van der Waals surface area contributed by atoms with E-state index in [1.807, 2.05) is 36.4 Å². The smallest absolute Gasteiger partial charge is 0.407 e. The normalized spacial score (nSPS) is 11.1. The van der Waals surface area contributed by atoms with E-state index in [1.165, 1.54) is 0 Å². The SMILES string of the molecule is COc1cccc(-c2ccc3nc(NC(=O)NCCNC(=O)OC(C)(C)C)cn3n2)c1. The van der Waals surface area contributed by atoms with Crippen LogP contribution < -0.4 is 20.7 Å². The lowest BCUT2D eigenvalue weighted by atomic mass is 10.1. The second-order valence-corrected chi connectivity index (χ2v) is 7.69. The van der Waals surface area contributed by atoms with Crippen LogP contribution in [-0.4, -0.2) is 52.5 Å². The largest absolute Gasteiger partial charge is 0.497 e. The quantitative estimate of drug-likeness (QED) is 0.521. The zero-order valence-electron chi connectivity index (χ0n) is 17.9. The summed E-state index contributed by atoms with van der Waals surface area (Å²) >= 11 is 0. The van der Waals surface area contributed by atoms with E-state index in [1.54, 1.807) is 38.6 Å². The molecule has 3 amide bonds. The third-order valence-corrected chi connectivity index (χ3v) is 4.01. The number of amides is 3. The molecule has 0 bridgehead atoms. The maximum atomic E-state index is 12.1. The minimum atomic E-state index is -0.571. The molecular formula is C21H26N6O4. The summed E-state index contributed by atoms with van der Waals surface area (Å²) in [7, 11) is 1.61. The molecule has 0 unspecified atom stereocenters. The highest BCUT2D eigenvalue weighted by Gasteiger charge is 2.15. The van der Waals surface area contributed by atoms with Gasteiger partial charge in [-0.2, -0.15) is 5.10 Å². The first-order valence-corrected chi connectivity index (χ1v) is 9.76. The van der Waals surface area contributed by atoms with Gasteiger partial charge < -0.3 is 20.1 Å². The number of imidazole rings is 1. The number of aromatic nitrogens is 3. The number of hydrogen-bond acceptors (Lipinski definition) is 6. The molecule has 31 heavy (non-hydrogen) atoms. The Balaban J connectivity index is 1.54. The van der Waals surface area contributed by atoms with Crippen LogP contribution in [0.1, 0.15) is 20.8 Å². The number of anilines is 1. The summed E-state index contributed by atoms with van der Waals surface area (Å²) in [4.78, 5) is 28.0. The Morgan fingerprint density at radius 3 is 2.61 bits per heavy atom. The number of rotatable bonds is 6. The molecule has 0 saturated heterocycles. The van der Waals surface area contributed by atoms with Crippen LogP contribution in [0.3, 0.4) is 0 Å². The summed E-state index contributed by atoms with van der Waals surface area (Å²) in [6.45, 7) is 5.81. The van der Waals surface area contributed by atoms with E-state index < -0.39 is 17.7 Å². The van der Waals surface area contributed by atoms with E-state index in [9.17, 15) is 9.59 Å². The van der Waals surface area contributed by atoms with Crippen molar-refractivity contribution in [1.82, 2.24) is 25.2 Å². The third-order valence-electron chi connectivity index (χ3n) is 4.01. The first kappa shape index (κ1) is 21.9. The Hall–Kier alpha value is -3.82. The minimum Gasteiger partial charge on any atom is -0.497 e. The highest BCUT2D eigenvalue weighted by atomic mass is 16.6. The van der Waals surface area contributed by atoms with Gasteiger partial charge in [-0.1, -0.05) is 12.1 Å². The van der Waals surface area contributed by atoms with Crippen LogP contribution in [0.2, 0.25) is 0 Å². The highest BCUT2D eigenvalue weighted by Crippen LogP contribution is 2.22. The van der Waals surface area contributed by atoms with Crippen molar-refractivity contribution >= 4 is 23.6 Å². The maximum Gasteiger partial charge on any atom is 0.407 e. The van der Waals surface area contributed by atoms with E-state index in [4.69, 9.17) is 9.47 Å². The Kier molecular flexibility index (Phi) is 6.58. The maximum absolute atomic E-state index is 12.1. The number of carbonyl (C=O) groups excluding carboxylic acids is 2. The van der Waals surface area contributed by atoms with Gasteiger partial charge in [-0.3, -0.25) is 5.32 Å². The topological polar surface area (TPSA) is 119 Å². The number of ether oxygens (including phenoxy) is 2. The molecule has 0 spiro atoms. The van der Waals surface area contributed by atoms with E-state index in [0.717, 1.165) is 17.0 Å². The molecule has 2 heterocycles. The summed E-state index contributed by atoms with van der Waals surface area (Å²) in [5, 5.41) is 12.4. The molecule has 3 rings (SSSR count). The van der Waals surface area contributed by atoms with Gasteiger partial charge in [0.15, 0.2) is 11.5 Å². The van der Waals surface area contributed by atoms with E-state index in [0.29, 0.717) is 11.5 Å². The van der Waals surface area contributed by atoms with Crippen molar-refractivity contribution in [3.8, 4) is 17.0 Å². The van der Waals surface area contributed by atoms with E-state index >= 15 is 0 Å². The number of alkyl carbamates (subject to hydrolysis) is 1. The highest BCUT2D eigenvalue weighted by molar-refractivity contribution is 5.88. The van der Waals surface area contributed by atoms with Crippen molar-refractivity contribution in [2.24, 2.45) is 0 Å². The minimum absolute atomic E-state index is 0.233.